The van der Waals surface area contributed by atoms with Crippen LogP contribution < -0.4 is 5.32 Å². The van der Waals surface area contributed by atoms with E-state index >= 15 is 0 Å². The standard InChI is InChI=1S/C28H33N3O4S2Si/c1-4-28(34)21-13-22-24(25(32)20(21)15-35-26(28)33)31-14-19-17(6-5-7-18(19)12-23(31)30-22)8-11-38(2,3)16-37-27-29-9-10-36-27/h5-7,12,30,34H,4,8-11,13-16H2,1-3H3/t28-/m0/s1. The van der Waals surface area contributed by atoms with Gasteiger partial charge in [-0.2, -0.15) is 0 Å². The van der Waals surface area contributed by atoms with Crippen LogP contribution >= 0.6 is 23.5 Å². The number of esters is 1. The lowest BCUT2D eigenvalue weighted by molar-refractivity contribution is -0.163. The third-order valence-corrected chi connectivity index (χ3v) is 15.3. The number of carbonyl (C=O) groups excluding carboxylic acids is 2. The number of Topliss-reactive ketones (excluding diaryl/α,β-unsaturated/α-hetero) is 1. The summed E-state index contributed by atoms with van der Waals surface area (Å²) in [6.45, 7) is 8.17. The number of cyclic esters (lactones) is 1. The molecular weight excluding hydrogens is 535 g/mol. The zero-order chi connectivity index (χ0) is 26.7. The van der Waals surface area contributed by atoms with Crippen molar-refractivity contribution in [3.8, 4) is 0 Å². The Morgan fingerprint density at radius 3 is 2.92 bits per heavy atom. The molecule has 200 valence electrons. The molecule has 0 radical (unpaired) electrons. The molecule has 38 heavy (non-hydrogen) atoms. The molecule has 7 nitrogen and oxygen atoms in total. The number of ketones is 1. The molecular formula is C28H33N3O4S2Si. The molecule has 0 fully saturated rings. The van der Waals surface area contributed by atoms with Crippen LogP contribution in [0.3, 0.4) is 0 Å². The van der Waals surface area contributed by atoms with Gasteiger partial charge in [0.25, 0.3) is 0 Å². The monoisotopic (exact) mass is 567 g/mol. The molecule has 10 heteroatoms. The third-order valence-electron chi connectivity index (χ3n) is 8.16. The van der Waals surface area contributed by atoms with Gasteiger partial charge >= 0.3 is 5.97 Å². The van der Waals surface area contributed by atoms with Gasteiger partial charge < -0.3 is 20.1 Å². The first kappa shape index (κ1) is 26.0. The second-order valence-corrected chi connectivity index (χ2v) is 19.3. The van der Waals surface area contributed by atoms with Crippen LogP contribution in [0, 0.1) is 0 Å². The Labute approximate surface area is 232 Å². The molecule has 0 aromatic heterocycles. The summed E-state index contributed by atoms with van der Waals surface area (Å²) in [7, 11) is -1.41. The molecule has 0 spiro atoms. The van der Waals surface area contributed by atoms with Crippen molar-refractivity contribution in [2.24, 2.45) is 4.99 Å². The van der Waals surface area contributed by atoms with E-state index in [2.05, 4.69) is 52.6 Å². The number of nitrogens with zero attached hydrogens (tertiary/aromatic N) is 2. The number of thioether (sulfide) groups is 2. The summed E-state index contributed by atoms with van der Waals surface area (Å²) in [5.74, 6) is 1.17. The first-order valence-corrected chi connectivity index (χ1v) is 18.7. The van der Waals surface area contributed by atoms with Crippen LogP contribution in [0.5, 0.6) is 0 Å². The van der Waals surface area contributed by atoms with Gasteiger partial charge in [0.15, 0.2) is 5.60 Å². The number of aliphatic imine (C=N–C) groups is 1. The quantitative estimate of drug-likeness (QED) is 0.390. The summed E-state index contributed by atoms with van der Waals surface area (Å²) in [5.41, 5.74) is 4.34. The molecule has 0 amide bonds. The van der Waals surface area contributed by atoms with E-state index in [1.165, 1.54) is 32.5 Å². The number of benzene rings is 1. The van der Waals surface area contributed by atoms with Gasteiger partial charge in [0.1, 0.15) is 22.5 Å². The normalized spacial score (nSPS) is 24.4. The lowest BCUT2D eigenvalue weighted by Gasteiger charge is -2.36. The van der Waals surface area contributed by atoms with Crippen molar-refractivity contribution in [3.05, 3.63) is 63.3 Å². The smallest absolute Gasteiger partial charge is 0.342 e. The van der Waals surface area contributed by atoms with Crippen LogP contribution in [0.25, 0.3) is 6.08 Å². The number of nitrogens with one attached hydrogen (secondary N) is 1. The molecule has 0 saturated heterocycles. The largest absolute Gasteiger partial charge is 0.458 e. The third kappa shape index (κ3) is 4.39. The van der Waals surface area contributed by atoms with Crippen LogP contribution in [0.4, 0.5) is 0 Å². The van der Waals surface area contributed by atoms with Gasteiger partial charge in [0, 0.05) is 23.4 Å². The van der Waals surface area contributed by atoms with Crippen LogP contribution in [-0.4, -0.2) is 64.1 Å². The predicted octanol–water partition coefficient (Wildman–Crippen LogP) is 4.21. The summed E-state index contributed by atoms with van der Waals surface area (Å²) in [4.78, 5) is 32.8. The molecule has 4 aliphatic heterocycles. The molecule has 2 N–H and O–H groups in total. The summed E-state index contributed by atoms with van der Waals surface area (Å²) in [6, 6.07) is 7.71. The maximum absolute atomic E-state index is 13.7. The average Bonchev–Trinajstić information content (AvgIpc) is 3.55. The van der Waals surface area contributed by atoms with Gasteiger partial charge in [0.05, 0.1) is 21.2 Å². The Kier molecular flexibility index (Phi) is 6.65. The van der Waals surface area contributed by atoms with Crippen LogP contribution in [-0.2, 0) is 27.3 Å². The van der Waals surface area contributed by atoms with Gasteiger partial charge in [-0.25, -0.2) is 4.79 Å². The molecule has 5 aliphatic rings. The van der Waals surface area contributed by atoms with E-state index < -0.39 is 19.6 Å². The number of carbonyl (C=O) groups is 2. The Morgan fingerprint density at radius 1 is 1.32 bits per heavy atom. The zero-order valence-electron chi connectivity index (χ0n) is 22.1. The SMILES string of the molecule is CC[C@@]1(O)C(=O)OCC2=C1CC1=C(C2=O)N2Cc3c(cccc3CC[Si](C)(C)CSC3=NCCS3)C=C2N1. The van der Waals surface area contributed by atoms with E-state index in [9.17, 15) is 14.7 Å². The highest BCUT2D eigenvalue weighted by Gasteiger charge is 2.51. The van der Waals surface area contributed by atoms with Crippen molar-refractivity contribution in [1.82, 2.24) is 10.2 Å². The fraction of sp³-hybridized carbons (Fsp3) is 0.464. The van der Waals surface area contributed by atoms with Gasteiger partial charge in [-0.15, -0.1) is 11.8 Å². The van der Waals surface area contributed by atoms with Gasteiger partial charge in [-0.1, -0.05) is 56.0 Å². The fourth-order valence-electron chi connectivity index (χ4n) is 5.81. The lowest BCUT2D eigenvalue weighted by atomic mass is 9.78. The van der Waals surface area contributed by atoms with Crippen molar-refractivity contribution in [2.45, 2.75) is 57.5 Å². The number of ether oxygens (including phenoxy) is 1. The maximum Gasteiger partial charge on any atom is 0.342 e. The number of hydrogen-bond acceptors (Lipinski definition) is 9. The summed E-state index contributed by atoms with van der Waals surface area (Å²) < 4.78 is 6.51. The van der Waals surface area contributed by atoms with Crippen molar-refractivity contribution in [3.63, 3.8) is 0 Å². The summed E-state index contributed by atoms with van der Waals surface area (Å²) in [6.07, 6.45) is 3.66. The number of aryl methyl sites for hydroxylation is 1. The average molecular weight is 568 g/mol. The highest BCUT2D eigenvalue weighted by molar-refractivity contribution is 8.39. The van der Waals surface area contributed by atoms with E-state index in [1.54, 1.807) is 6.92 Å². The minimum absolute atomic E-state index is 0.0799. The first-order chi connectivity index (χ1) is 18.2. The van der Waals surface area contributed by atoms with Crippen molar-refractivity contribution in [2.75, 3.05) is 24.3 Å². The van der Waals surface area contributed by atoms with Crippen molar-refractivity contribution >= 4 is 53.8 Å². The number of allylic oxidation sites excluding steroid dienone is 2. The zero-order valence-corrected chi connectivity index (χ0v) is 24.7. The Bertz CT molecular complexity index is 1370. The van der Waals surface area contributed by atoms with Crippen molar-refractivity contribution < 1.29 is 19.4 Å². The van der Waals surface area contributed by atoms with Gasteiger partial charge in [0.2, 0.25) is 5.78 Å². The minimum Gasteiger partial charge on any atom is -0.458 e. The molecule has 1 atom stereocenters. The molecule has 0 bridgehead atoms. The molecule has 1 aromatic rings. The predicted molar refractivity (Wildman–Crippen MR) is 156 cm³/mol. The number of hydrogen-bond donors (Lipinski definition) is 2. The molecule has 1 aliphatic carbocycles. The van der Waals surface area contributed by atoms with Crippen LogP contribution in [0.15, 0.2) is 51.6 Å². The molecule has 6 rings (SSSR count). The topological polar surface area (TPSA) is 91.2 Å². The van der Waals surface area contributed by atoms with E-state index in [-0.39, 0.29) is 18.8 Å². The highest BCUT2D eigenvalue weighted by Crippen LogP contribution is 2.44. The fourth-order valence-corrected chi connectivity index (χ4v) is 11.2. The van der Waals surface area contributed by atoms with Crippen LogP contribution in [0.2, 0.25) is 19.1 Å². The van der Waals surface area contributed by atoms with Gasteiger partial charge in [-0.05, 0) is 46.6 Å². The molecule has 0 saturated carbocycles. The molecule has 4 heterocycles. The Hall–Kier alpha value is -2.27. The molecule has 1 aromatic carbocycles. The summed E-state index contributed by atoms with van der Waals surface area (Å²) in [5, 5.41) is 15.7. The van der Waals surface area contributed by atoms with E-state index in [0.29, 0.717) is 29.8 Å². The lowest BCUT2D eigenvalue weighted by Crippen LogP contribution is -2.48. The van der Waals surface area contributed by atoms with Crippen molar-refractivity contribution in [1.29, 1.82) is 0 Å². The van der Waals surface area contributed by atoms with Crippen LogP contribution in [0.1, 0.15) is 36.5 Å². The van der Waals surface area contributed by atoms with E-state index in [0.717, 1.165) is 30.2 Å². The Morgan fingerprint density at radius 2 is 2.16 bits per heavy atom. The minimum atomic E-state index is -1.74. The second-order valence-electron chi connectivity index (χ2n) is 11.3. The molecule has 0 unspecified atom stereocenters. The highest BCUT2D eigenvalue weighted by atomic mass is 32.2. The maximum atomic E-state index is 13.7. The Balaban J connectivity index is 1.22. The van der Waals surface area contributed by atoms with E-state index in [1.807, 2.05) is 23.5 Å². The second kappa shape index (κ2) is 9.73. The number of aliphatic hydroxyl groups is 1. The first-order valence-electron chi connectivity index (χ1n) is 13.3. The summed E-state index contributed by atoms with van der Waals surface area (Å²) >= 11 is 3.83. The number of rotatable bonds is 6. The van der Waals surface area contributed by atoms with E-state index in [4.69, 9.17) is 4.74 Å². The van der Waals surface area contributed by atoms with Gasteiger partial charge in [-0.3, -0.25) is 9.79 Å². The number of fused-ring (bicyclic) bond motifs is 3.